The largest absolute Gasteiger partial charge is 0.459 e. The first-order valence-corrected chi connectivity index (χ1v) is 14.6. The molecule has 4 aliphatic heterocycles. The maximum Gasteiger partial charge on any atom is 0.333 e. The maximum absolute atomic E-state index is 14.1. The van der Waals surface area contributed by atoms with Crippen LogP contribution in [0.3, 0.4) is 0 Å². The molecule has 43 heavy (non-hydrogen) atoms. The molecule has 2 bridgehead atoms. The lowest BCUT2D eigenvalue weighted by molar-refractivity contribution is -0.577. The summed E-state index contributed by atoms with van der Waals surface area (Å²) in [7, 11) is 0. The third kappa shape index (κ3) is 5.53. The van der Waals surface area contributed by atoms with E-state index in [1.54, 1.807) is 43.3 Å². The number of halogens is 2. The van der Waals surface area contributed by atoms with Crippen molar-refractivity contribution in [3.63, 3.8) is 0 Å². The summed E-state index contributed by atoms with van der Waals surface area (Å²) in [5, 5.41) is 0. The number of carbonyl (C=O) groups is 2. The second kappa shape index (κ2) is 11.6. The fourth-order valence-corrected chi connectivity index (χ4v) is 6.98. The van der Waals surface area contributed by atoms with E-state index in [2.05, 4.69) is 0 Å². The molecule has 0 unspecified atom stereocenters. The Morgan fingerprint density at radius 1 is 0.860 bits per heavy atom. The topological polar surface area (TPSA) is 89.5 Å². The summed E-state index contributed by atoms with van der Waals surface area (Å²) in [5.74, 6) is -4.37. The van der Waals surface area contributed by atoms with Crippen LogP contribution in [0.1, 0.15) is 51.2 Å². The average Bonchev–Trinajstić information content (AvgIpc) is 3.21. The molecule has 0 radical (unpaired) electrons. The Kier molecular flexibility index (Phi) is 7.97. The summed E-state index contributed by atoms with van der Waals surface area (Å²) in [6.07, 6.45) is 4.21. The van der Waals surface area contributed by atoms with Crippen LogP contribution < -0.4 is 0 Å². The molecule has 4 heterocycles. The molecule has 0 N–H and O–H groups in total. The molecule has 8 nitrogen and oxygen atoms in total. The van der Waals surface area contributed by atoms with Gasteiger partial charge in [0, 0.05) is 47.5 Å². The van der Waals surface area contributed by atoms with E-state index in [0.717, 1.165) is 6.08 Å². The van der Waals surface area contributed by atoms with E-state index in [-0.39, 0.29) is 28.9 Å². The van der Waals surface area contributed by atoms with Gasteiger partial charge in [-0.05, 0) is 50.0 Å². The van der Waals surface area contributed by atoms with Gasteiger partial charge in [-0.1, -0.05) is 50.2 Å². The van der Waals surface area contributed by atoms with Crippen LogP contribution in [0.25, 0.3) is 12.2 Å². The fraction of sp³-hybridized carbons (Fsp3) is 0.455. The van der Waals surface area contributed by atoms with E-state index in [1.165, 1.54) is 30.4 Å². The van der Waals surface area contributed by atoms with Gasteiger partial charge in [-0.3, -0.25) is 0 Å². The average molecular weight is 597 g/mol. The maximum atomic E-state index is 14.1. The number of benzene rings is 2. The van der Waals surface area contributed by atoms with E-state index < -0.39 is 59.6 Å². The smallest absolute Gasteiger partial charge is 0.333 e. The first kappa shape index (κ1) is 29.6. The lowest BCUT2D eigenvalue weighted by atomic mass is 9.57. The zero-order chi connectivity index (χ0) is 30.4. The normalized spacial score (nSPS) is 36.7. The summed E-state index contributed by atoms with van der Waals surface area (Å²) in [6.45, 7) is 5.64. The monoisotopic (exact) mass is 596 g/mol. The van der Waals surface area contributed by atoms with E-state index in [0.29, 0.717) is 19.3 Å². The molecule has 0 amide bonds. The molecule has 10 heteroatoms. The number of hydrogen-bond donors (Lipinski definition) is 0. The number of carbonyl (C=O) groups excluding carboxylic acids is 2. The SMILES string of the molecule is C[C@@H]1[C@H](OC(=O)/C=C/c2ccccc2F)C[C@H]2[C@@H](C)[C@H](OC(=O)/C=C/c3ccccc3F)O[C@@H]3O[C@@]4(C)CC[C@@H]1[C@]32OO4. The number of fused-ring (bicyclic) bond motifs is 2. The Morgan fingerprint density at radius 3 is 2.09 bits per heavy atom. The molecule has 4 saturated heterocycles. The number of hydrogen-bond acceptors (Lipinski definition) is 8. The Balaban J connectivity index is 1.23. The van der Waals surface area contributed by atoms with E-state index in [4.69, 9.17) is 28.7 Å². The molecule has 5 aliphatic rings. The Bertz CT molecular complexity index is 1440. The zero-order valence-corrected chi connectivity index (χ0v) is 24.1. The fourth-order valence-electron chi connectivity index (χ4n) is 6.98. The molecule has 228 valence electrons. The Hall–Kier alpha value is -3.44. The highest BCUT2D eigenvalue weighted by Gasteiger charge is 2.71. The summed E-state index contributed by atoms with van der Waals surface area (Å²) in [5.41, 5.74) is -0.495. The molecule has 1 aliphatic carbocycles. The molecule has 9 atom stereocenters. The highest BCUT2D eigenvalue weighted by atomic mass is 19.1. The molecule has 1 spiro atoms. The molecule has 7 rings (SSSR count). The summed E-state index contributed by atoms with van der Waals surface area (Å²) >= 11 is 0. The van der Waals surface area contributed by atoms with Gasteiger partial charge in [0.2, 0.25) is 12.1 Å². The third-order valence-electron chi connectivity index (χ3n) is 9.29. The van der Waals surface area contributed by atoms with Crippen molar-refractivity contribution in [3.8, 4) is 0 Å². The zero-order valence-electron chi connectivity index (χ0n) is 24.1. The first-order chi connectivity index (χ1) is 20.6. The number of ether oxygens (including phenoxy) is 4. The second-order valence-corrected chi connectivity index (χ2v) is 11.9. The minimum Gasteiger partial charge on any atom is -0.459 e. The minimum atomic E-state index is -1.08. The lowest BCUT2D eigenvalue weighted by Gasteiger charge is -2.60. The quantitative estimate of drug-likeness (QED) is 0.229. The van der Waals surface area contributed by atoms with Crippen LogP contribution >= 0.6 is 0 Å². The standard InChI is InChI=1S/C33H34F2O8/c1-19-23-16-17-32(3)41-31-33(23,43-42-32)24(18-27(19)38-28(36)14-12-21-8-4-6-10-25(21)34)20(2)30(40-31)39-29(37)15-13-22-9-5-7-11-26(22)35/h4-15,19-20,23-24,27,30-31H,16-18H2,1-3H3/b14-12+,15-13+/t19-,20+,23-,24-,27+,30+,31+,32+,33+/m0/s1. The third-order valence-corrected chi connectivity index (χ3v) is 9.29. The van der Waals surface area contributed by atoms with E-state index in [1.807, 2.05) is 13.8 Å². The lowest BCUT2D eigenvalue weighted by Crippen LogP contribution is -2.72. The van der Waals surface area contributed by atoms with Gasteiger partial charge >= 0.3 is 11.9 Å². The first-order valence-electron chi connectivity index (χ1n) is 14.6. The minimum absolute atomic E-state index is 0.157. The van der Waals surface area contributed by atoms with Crippen molar-refractivity contribution in [3.05, 3.63) is 83.4 Å². The van der Waals surface area contributed by atoms with Crippen molar-refractivity contribution in [1.82, 2.24) is 0 Å². The van der Waals surface area contributed by atoms with Crippen molar-refractivity contribution in [1.29, 1.82) is 0 Å². The van der Waals surface area contributed by atoms with Crippen LogP contribution in [0.2, 0.25) is 0 Å². The van der Waals surface area contributed by atoms with Gasteiger partial charge in [-0.25, -0.2) is 28.1 Å². The van der Waals surface area contributed by atoms with Crippen molar-refractivity contribution >= 4 is 24.1 Å². The Morgan fingerprint density at radius 2 is 1.47 bits per heavy atom. The van der Waals surface area contributed by atoms with Gasteiger partial charge in [0.1, 0.15) is 17.7 Å². The summed E-state index contributed by atoms with van der Waals surface area (Å²) in [6, 6.07) is 12.2. The molecule has 2 aromatic rings. The molecule has 2 aromatic carbocycles. The van der Waals surface area contributed by atoms with Gasteiger partial charge in [0.25, 0.3) is 0 Å². The van der Waals surface area contributed by atoms with Crippen LogP contribution in [-0.2, 0) is 38.3 Å². The van der Waals surface area contributed by atoms with Gasteiger partial charge in [-0.2, -0.15) is 0 Å². The van der Waals surface area contributed by atoms with E-state index >= 15 is 0 Å². The number of rotatable bonds is 6. The number of esters is 2. The predicted molar refractivity (Wildman–Crippen MR) is 149 cm³/mol. The van der Waals surface area contributed by atoms with Gasteiger partial charge in [0.15, 0.2) is 11.9 Å². The van der Waals surface area contributed by atoms with Crippen LogP contribution in [0.4, 0.5) is 8.78 Å². The second-order valence-electron chi connectivity index (χ2n) is 11.9. The summed E-state index contributed by atoms with van der Waals surface area (Å²) < 4.78 is 52.4. The molecule has 1 saturated carbocycles. The molecule has 5 fully saturated rings. The molecular formula is C33H34F2O8. The van der Waals surface area contributed by atoms with Crippen molar-refractivity contribution in [2.75, 3.05) is 0 Å². The Labute approximate surface area is 248 Å². The molecular weight excluding hydrogens is 562 g/mol. The van der Waals surface area contributed by atoms with E-state index in [9.17, 15) is 18.4 Å². The van der Waals surface area contributed by atoms with Crippen molar-refractivity contribution < 1.29 is 47.1 Å². The molecule has 0 aromatic heterocycles. The highest BCUT2D eigenvalue weighted by Crippen LogP contribution is 2.61. The highest BCUT2D eigenvalue weighted by molar-refractivity contribution is 5.87. The summed E-state index contributed by atoms with van der Waals surface area (Å²) in [4.78, 5) is 37.7. The van der Waals surface area contributed by atoms with Gasteiger partial charge in [-0.15, -0.1) is 0 Å². The van der Waals surface area contributed by atoms with Crippen LogP contribution in [0.15, 0.2) is 60.7 Å². The van der Waals surface area contributed by atoms with Crippen LogP contribution in [0.5, 0.6) is 0 Å². The van der Waals surface area contributed by atoms with Crippen LogP contribution in [-0.4, -0.2) is 42.0 Å². The van der Waals surface area contributed by atoms with Gasteiger partial charge < -0.3 is 18.9 Å². The van der Waals surface area contributed by atoms with Crippen LogP contribution in [0, 0.1) is 35.3 Å². The van der Waals surface area contributed by atoms with Crippen molar-refractivity contribution in [2.24, 2.45) is 23.7 Å². The predicted octanol–water partition coefficient (Wildman–Crippen LogP) is 5.96. The van der Waals surface area contributed by atoms with Gasteiger partial charge in [0.05, 0.1) is 0 Å². The van der Waals surface area contributed by atoms with Crippen molar-refractivity contribution in [2.45, 2.75) is 70.1 Å².